The van der Waals surface area contributed by atoms with Gasteiger partial charge >= 0.3 is 11.0 Å². The molecule has 8 nitrogen and oxygen atoms in total. The van der Waals surface area contributed by atoms with E-state index in [1.807, 2.05) is 0 Å². The summed E-state index contributed by atoms with van der Waals surface area (Å²) in [4.78, 5) is 56.0. The number of imide groups is 1. The Hall–Kier alpha value is -3.95. The number of alkyl halides is 3. The summed E-state index contributed by atoms with van der Waals surface area (Å²) in [5.74, 6) is -4.78. The number of H-pyrrole nitrogens is 1. The number of ether oxygens (including phenoxy) is 1. The predicted molar refractivity (Wildman–Crippen MR) is 159 cm³/mol. The van der Waals surface area contributed by atoms with Crippen molar-refractivity contribution in [3.8, 4) is 5.75 Å². The maximum absolute atomic E-state index is 14.0. The Kier molecular flexibility index (Phi) is 7.88. The van der Waals surface area contributed by atoms with Gasteiger partial charge < -0.3 is 15.0 Å². The summed E-state index contributed by atoms with van der Waals surface area (Å²) >= 11 is 5.13. The van der Waals surface area contributed by atoms with E-state index in [2.05, 4.69) is 26.2 Å². The Balaban J connectivity index is 1.38. The molecule has 2 N–H and O–H groups in total. The van der Waals surface area contributed by atoms with Crippen molar-refractivity contribution in [1.29, 1.82) is 0 Å². The van der Waals surface area contributed by atoms with Gasteiger partial charge in [-0.1, -0.05) is 51.2 Å². The molecule has 0 spiro atoms. The van der Waals surface area contributed by atoms with E-state index in [1.165, 1.54) is 42.5 Å². The number of nitrogens with one attached hydrogen (secondary N) is 2. The fourth-order valence-corrected chi connectivity index (χ4v) is 8.15. The van der Waals surface area contributed by atoms with Gasteiger partial charge in [0.1, 0.15) is 16.8 Å². The monoisotopic (exact) mass is 707 g/mol. The van der Waals surface area contributed by atoms with Crippen molar-refractivity contribution in [2.75, 3.05) is 16.8 Å². The van der Waals surface area contributed by atoms with Crippen molar-refractivity contribution in [3.63, 3.8) is 0 Å². The SMILES string of the molecule is O=C(COc1ccc(Br)cc1[C@@H]1c2sc(=O)[nH]c2S[C@H]2C(=O)N(c3ccccc3C(F)(F)F)C(=O)[C@@H]12)Nc1ccc(F)cc1. The number of rotatable bonds is 6. The molecule has 44 heavy (non-hydrogen) atoms. The number of anilines is 2. The van der Waals surface area contributed by atoms with Crippen LogP contribution in [0.5, 0.6) is 5.75 Å². The average Bonchev–Trinajstić information content (AvgIpc) is 3.47. The van der Waals surface area contributed by atoms with Crippen LogP contribution >= 0.6 is 39.0 Å². The average molecular weight is 709 g/mol. The van der Waals surface area contributed by atoms with Crippen LogP contribution in [0.1, 0.15) is 21.9 Å². The summed E-state index contributed by atoms with van der Waals surface area (Å²) < 4.78 is 61.4. The molecule has 3 amide bonds. The molecule has 3 heterocycles. The highest BCUT2D eigenvalue weighted by Gasteiger charge is 2.57. The Morgan fingerprint density at radius 1 is 1.02 bits per heavy atom. The van der Waals surface area contributed by atoms with Crippen molar-refractivity contribution >= 4 is 68.1 Å². The van der Waals surface area contributed by atoms with E-state index in [1.54, 1.807) is 12.1 Å². The van der Waals surface area contributed by atoms with E-state index < -0.39 is 69.5 Å². The first-order chi connectivity index (χ1) is 20.9. The van der Waals surface area contributed by atoms with Gasteiger partial charge in [-0.2, -0.15) is 13.2 Å². The van der Waals surface area contributed by atoms with E-state index >= 15 is 0 Å². The molecule has 1 fully saturated rings. The number of nitrogens with zero attached hydrogens (tertiary/aromatic N) is 1. The molecule has 0 saturated carbocycles. The Morgan fingerprint density at radius 2 is 1.75 bits per heavy atom. The van der Waals surface area contributed by atoms with Gasteiger partial charge in [0.25, 0.3) is 5.91 Å². The summed E-state index contributed by atoms with van der Waals surface area (Å²) in [6.07, 6.45) is -4.83. The fourth-order valence-electron chi connectivity index (χ4n) is 5.27. The zero-order valence-corrected chi connectivity index (χ0v) is 25.2. The van der Waals surface area contributed by atoms with Gasteiger partial charge in [-0.15, -0.1) is 0 Å². The van der Waals surface area contributed by atoms with Crippen molar-refractivity contribution in [3.05, 3.63) is 103 Å². The van der Waals surface area contributed by atoms with Crippen LogP contribution in [0.2, 0.25) is 0 Å². The van der Waals surface area contributed by atoms with Crippen LogP contribution in [0.15, 0.2) is 81.0 Å². The van der Waals surface area contributed by atoms with Gasteiger partial charge in [-0.25, -0.2) is 9.29 Å². The highest BCUT2D eigenvalue weighted by atomic mass is 79.9. The number of carbonyl (C=O) groups is 3. The van der Waals surface area contributed by atoms with Crippen LogP contribution in [0.25, 0.3) is 0 Å². The standard InChI is InChI=1S/C29H18BrF4N3O5S2/c30-13-5-10-19(42-12-20(38)35-15-8-6-14(31)7-9-15)16(11-13)21-22-24(43-25-23(21)44-28(41)36-25)27(40)37(26(22)39)18-4-2-1-3-17(18)29(32,33)34/h1-11,21-22,24H,12H2,(H,35,38)(H,36,41)/t21-,22-,24+/m0/s1. The van der Waals surface area contributed by atoms with Gasteiger partial charge in [0.2, 0.25) is 11.8 Å². The zero-order chi connectivity index (χ0) is 31.3. The van der Waals surface area contributed by atoms with Gasteiger partial charge in [-0.05, 0) is 54.6 Å². The molecule has 2 aliphatic heterocycles. The molecular formula is C29H18BrF4N3O5S2. The van der Waals surface area contributed by atoms with Gasteiger partial charge in [-0.3, -0.25) is 19.2 Å². The first kappa shape index (κ1) is 30.1. The number of aromatic nitrogens is 1. The van der Waals surface area contributed by atoms with Crippen LogP contribution in [-0.2, 0) is 20.6 Å². The fraction of sp³-hybridized carbons (Fsp3) is 0.172. The molecule has 4 aromatic rings. The molecule has 0 unspecified atom stereocenters. The molecule has 226 valence electrons. The highest BCUT2D eigenvalue weighted by molar-refractivity contribution is 9.10. The molecule has 0 radical (unpaired) electrons. The number of thiazole rings is 1. The minimum Gasteiger partial charge on any atom is -0.483 e. The van der Waals surface area contributed by atoms with Crippen LogP contribution in [-0.4, -0.2) is 34.6 Å². The summed E-state index contributed by atoms with van der Waals surface area (Å²) in [5, 5.41) is 1.74. The van der Waals surface area contributed by atoms with Crippen LogP contribution in [0.3, 0.4) is 0 Å². The Labute approximate surface area is 262 Å². The minimum absolute atomic E-state index is 0.152. The molecule has 6 rings (SSSR count). The van der Waals surface area contributed by atoms with E-state index in [-0.39, 0.29) is 5.75 Å². The predicted octanol–water partition coefficient (Wildman–Crippen LogP) is 6.17. The maximum atomic E-state index is 14.0. The Morgan fingerprint density at radius 3 is 2.48 bits per heavy atom. The molecular weight excluding hydrogens is 690 g/mol. The minimum atomic E-state index is -4.83. The first-order valence-electron chi connectivity index (χ1n) is 12.8. The third-order valence-corrected chi connectivity index (χ3v) is 9.96. The third kappa shape index (κ3) is 5.55. The number of fused-ring (bicyclic) bond motifs is 2. The number of hydrogen-bond donors (Lipinski definition) is 2. The largest absolute Gasteiger partial charge is 0.483 e. The number of thioether (sulfide) groups is 1. The maximum Gasteiger partial charge on any atom is 0.418 e. The number of aromatic amines is 1. The molecule has 3 atom stereocenters. The number of halogens is 5. The van der Waals surface area contributed by atoms with Crippen LogP contribution in [0, 0.1) is 11.7 Å². The molecule has 2 aliphatic rings. The molecule has 0 bridgehead atoms. The van der Waals surface area contributed by atoms with E-state index in [0.29, 0.717) is 30.5 Å². The number of benzene rings is 3. The first-order valence-corrected chi connectivity index (χ1v) is 15.3. The summed E-state index contributed by atoms with van der Waals surface area (Å²) in [5.41, 5.74) is -1.04. The molecule has 1 saturated heterocycles. The lowest BCUT2D eigenvalue weighted by atomic mass is 9.82. The summed E-state index contributed by atoms with van der Waals surface area (Å²) in [6.45, 7) is -0.490. The second-order valence-corrected chi connectivity index (χ2v) is 12.9. The lowest BCUT2D eigenvalue weighted by Crippen LogP contribution is -2.33. The molecule has 1 aromatic heterocycles. The van der Waals surface area contributed by atoms with E-state index in [4.69, 9.17) is 4.74 Å². The van der Waals surface area contributed by atoms with Crippen LogP contribution < -0.4 is 19.8 Å². The van der Waals surface area contributed by atoms with Gasteiger partial charge in [0.05, 0.1) is 22.2 Å². The molecule has 0 aliphatic carbocycles. The number of hydrogen-bond acceptors (Lipinski definition) is 7. The van der Waals surface area contributed by atoms with Crippen LogP contribution in [0.4, 0.5) is 28.9 Å². The molecule has 15 heteroatoms. The normalized spacial score (nSPS) is 19.5. The lowest BCUT2D eigenvalue weighted by molar-refractivity contribution is -0.137. The second-order valence-electron chi connectivity index (χ2n) is 9.80. The summed E-state index contributed by atoms with van der Waals surface area (Å²) in [6, 6.07) is 14.2. The van der Waals surface area contributed by atoms with Crippen molar-refractivity contribution in [2.45, 2.75) is 22.4 Å². The lowest BCUT2D eigenvalue weighted by Gasteiger charge is -2.31. The third-order valence-electron chi connectivity index (χ3n) is 7.07. The topological polar surface area (TPSA) is 109 Å². The van der Waals surface area contributed by atoms with E-state index in [0.717, 1.165) is 35.2 Å². The zero-order valence-electron chi connectivity index (χ0n) is 22.0. The Bertz CT molecular complexity index is 1860. The van der Waals surface area contributed by atoms with E-state index in [9.17, 15) is 36.7 Å². The second kappa shape index (κ2) is 11.5. The summed E-state index contributed by atoms with van der Waals surface area (Å²) in [7, 11) is 0. The quantitative estimate of drug-likeness (QED) is 0.183. The molecule has 3 aromatic carbocycles. The number of para-hydroxylation sites is 1. The van der Waals surface area contributed by atoms with Gasteiger partial charge in [0, 0.05) is 26.5 Å². The smallest absolute Gasteiger partial charge is 0.418 e. The van der Waals surface area contributed by atoms with Crippen molar-refractivity contribution < 1.29 is 36.7 Å². The number of carbonyl (C=O) groups excluding carboxylic acids is 3. The highest BCUT2D eigenvalue weighted by Crippen LogP contribution is 2.55. The van der Waals surface area contributed by atoms with Gasteiger partial charge in [0.15, 0.2) is 6.61 Å². The number of amides is 3. The van der Waals surface area contributed by atoms with Crippen molar-refractivity contribution in [1.82, 2.24) is 4.98 Å². The van der Waals surface area contributed by atoms with Crippen molar-refractivity contribution in [2.24, 2.45) is 5.92 Å².